The molecule has 0 aromatic heterocycles. The number of hydrogen-bond donors (Lipinski definition) is 3. The Morgan fingerprint density at radius 2 is 1.89 bits per heavy atom. The summed E-state index contributed by atoms with van der Waals surface area (Å²) in [5.74, 6) is 6.36. The van der Waals surface area contributed by atoms with Crippen LogP contribution in [-0.2, 0) is 0 Å². The maximum Gasteiger partial charge on any atom is 0.206 e. The molecule has 2 aliphatic carbocycles. The molecule has 0 radical (unpaired) electrons. The lowest BCUT2D eigenvalue weighted by Gasteiger charge is -2.46. The van der Waals surface area contributed by atoms with Gasteiger partial charge in [-0.15, -0.1) is 0 Å². The van der Waals surface area contributed by atoms with Crippen molar-refractivity contribution in [3.63, 3.8) is 0 Å². The minimum absolute atomic E-state index is 0.260. The van der Waals surface area contributed by atoms with Gasteiger partial charge in [0.2, 0.25) is 5.96 Å². The van der Waals surface area contributed by atoms with E-state index in [0.29, 0.717) is 6.04 Å². The molecule has 0 aromatic rings. The molecule has 2 rings (SSSR count). The first kappa shape index (κ1) is 14.6. The van der Waals surface area contributed by atoms with E-state index in [9.17, 15) is 0 Å². The van der Waals surface area contributed by atoms with Crippen LogP contribution in [0.2, 0.25) is 0 Å². The first-order valence-corrected chi connectivity index (χ1v) is 7.61. The number of rotatable bonds is 4. The largest absolute Gasteiger partial charge is 0.353 e. The molecule has 0 atom stereocenters. The second kappa shape index (κ2) is 6.57. The summed E-state index contributed by atoms with van der Waals surface area (Å²) < 4.78 is 0. The highest BCUT2D eigenvalue weighted by Crippen LogP contribution is 2.36. The van der Waals surface area contributed by atoms with Gasteiger partial charge in [0.25, 0.3) is 0 Å². The van der Waals surface area contributed by atoms with Gasteiger partial charge in [0.05, 0.1) is 6.54 Å². The molecule has 0 bridgehead atoms. The molecule has 4 N–H and O–H groups in total. The van der Waals surface area contributed by atoms with Crippen molar-refractivity contribution in [2.24, 2.45) is 10.8 Å². The highest BCUT2D eigenvalue weighted by molar-refractivity contribution is 5.79. The third kappa shape index (κ3) is 3.60. The number of likely N-dealkylation sites (N-methyl/N-ethyl adjacent to an activating group) is 1. The number of aliphatic imine (C=N–C) groups is 1. The first-order valence-electron chi connectivity index (χ1n) is 7.61. The normalized spacial score (nSPS) is 24.1. The molecule has 2 fully saturated rings. The summed E-state index contributed by atoms with van der Waals surface area (Å²) in [7, 11) is 4.30. The molecular weight excluding hydrogens is 238 g/mol. The lowest BCUT2D eigenvalue weighted by molar-refractivity contribution is 0.0698. The van der Waals surface area contributed by atoms with Crippen LogP contribution in [0.4, 0.5) is 0 Å². The Morgan fingerprint density at radius 1 is 1.21 bits per heavy atom. The quantitative estimate of drug-likeness (QED) is 0.310. The van der Waals surface area contributed by atoms with Crippen LogP contribution >= 0.6 is 0 Å². The molecule has 0 aliphatic heterocycles. The highest BCUT2D eigenvalue weighted by atomic mass is 15.3. The Bertz CT molecular complexity index is 303. The van der Waals surface area contributed by atoms with Crippen molar-refractivity contribution in [1.29, 1.82) is 0 Å². The van der Waals surface area contributed by atoms with Gasteiger partial charge in [-0.05, 0) is 46.2 Å². The average Bonchev–Trinajstić information content (AvgIpc) is 2.36. The summed E-state index contributed by atoms with van der Waals surface area (Å²) in [4.78, 5) is 6.99. The topological polar surface area (TPSA) is 65.7 Å². The predicted molar refractivity (Wildman–Crippen MR) is 79.9 cm³/mol. The number of nitrogens with two attached hydrogens (primary N) is 1. The third-order valence-corrected chi connectivity index (χ3v) is 4.85. The fourth-order valence-electron chi connectivity index (χ4n) is 3.13. The van der Waals surface area contributed by atoms with Gasteiger partial charge < -0.3 is 10.2 Å². The van der Waals surface area contributed by atoms with Gasteiger partial charge in [0.1, 0.15) is 0 Å². The van der Waals surface area contributed by atoms with Gasteiger partial charge in [0, 0.05) is 11.6 Å². The van der Waals surface area contributed by atoms with E-state index < -0.39 is 0 Å². The lowest BCUT2D eigenvalue weighted by atomic mass is 9.76. The molecule has 0 unspecified atom stereocenters. The van der Waals surface area contributed by atoms with E-state index in [0.717, 1.165) is 12.5 Å². The maximum atomic E-state index is 5.60. The zero-order chi connectivity index (χ0) is 13.7. The fraction of sp³-hybridized carbons (Fsp3) is 0.929. The SMILES string of the molecule is CN(C)C1(CN=C(NN)NC2CCCCC2)CCC1. The van der Waals surface area contributed by atoms with Crippen LogP contribution in [0.3, 0.4) is 0 Å². The van der Waals surface area contributed by atoms with Crippen LogP contribution in [0.5, 0.6) is 0 Å². The van der Waals surface area contributed by atoms with Crippen LogP contribution in [0, 0.1) is 0 Å². The maximum absolute atomic E-state index is 5.60. The molecule has 110 valence electrons. The molecule has 2 aliphatic rings. The highest BCUT2D eigenvalue weighted by Gasteiger charge is 2.38. The second-order valence-electron chi connectivity index (χ2n) is 6.26. The summed E-state index contributed by atoms with van der Waals surface area (Å²) in [6.07, 6.45) is 10.3. The van der Waals surface area contributed by atoms with Gasteiger partial charge in [-0.3, -0.25) is 10.4 Å². The van der Waals surface area contributed by atoms with Crippen molar-refractivity contribution >= 4 is 5.96 Å². The van der Waals surface area contributed by atoms with E-state index in [1.54, 1.807) is 0 Å². The smallest absolute Gasteiger partial charge is 0.206 e. The van der Waals surface area contributed by atoms with Crippen LogP contribution < -0.4 is 16.6 Å². The Morgan fingerprint density at radius 3 is 2.37 bits per heavy atom. The van der Waals surface area contributed by atoms with E-state index in [4.69, 9.17) is 5.84 Å². The molecule has 0 aromatic carbocycles. The minimum atomic E-state index is 0.260. The Hall–Kier alpha value is -0.810. The Kier molecular flexibility index (Phi) is 5.05. The fourth-order valence-corrected chi connectivity index (χ4v) is 3.13. The monoisotopic (exact) mass is 267 g/mol. The summed E-state index contributed by atoms with van der Waals surface area (Å²) in [5.41, 5.74) is 2.99. The van der Waals surface area contributed by atoms with Gasteiger partial charge in [-0.1, -0.05) is 19.3 Å². The predicted octanol–water partition coefficient (Wildman–Crippen LogP) is 1.21. The molecule has 0 heterocycles. The second-order valence-corrected chi connectivity index (χ2v) is 6.26. The van der Waals surface area contributed by atoms with Crippen molar-refractivity contribution in [2.45, 2.75) is 62.9 Å². The van der Waals surface area contributed by atoms with Crippen molar-refractivity contribution in [3.8, 4) is 0 Å². The van der Waals surface area contributed by atoms with Gasteiger partial charge in [0.15, 0.2) is 0 Å². The van der Waals surface area contributed by atoms with Gasteiger partial charge >= 0.3 is 0 Å². The van der Waals surface area contributed by atoms with E-state index >= 15 is 0 Å². The number of nitrogens with one attached hydrogen (secondary N) is 2. The zero-order valence-corrected chi connectivity index (χ0v) is 12.4. The summed E-state index contributed by atoms with van der Waals surface area (Å²) >= 11 is 0. The summed E-state index contributed by atoms with van der Waals surface area (Å²) in [6, 6.07) is 0.542. The van der Waals surface area contributed by atoms with Crippen molar-refractivity contribution in [1.82, 2.24) is 15.6 Å². The number of nitrogens with zero attached hydrogens (tertiary/aromatic N) is 2. The standard InChI is InChI=1S/C14H29N5/c1-19(2)14(9-6-10-14)11-16-13(18-15)17-12-7-4-3-5-8-12/h12H,3-11,15H2,1-2H3,(H2,16,17,18). The lowest BCUT2D eigenvalue weighted by Crippen LogP contribution is -2.54. The molecule has 0 spiro atoms. The third-order valence-electron chi connectivity index (χ3n) is 4.85. The van der Waals surface area contributed by atoms with Crippen LogP contribution in [-0.4, -0.2) is 43.1 Å². The van der Waals surface area contributed by atoms with Gasteiger partial charge in [-0.25, -0.2) is 5.84 Å². The number of hydrogen-bond acceptors (Lipinski definition) is 3. The molecule has 5 nitrogen and oxygen atoms in total. The van der Waals surface area contributed by atoms with Gasteiger partial charge in [-0.2, -0.15) is 0 Å². The van der Waals surface area contributed by atoms with E-state index in [1.807, 2.05) is 0 Å². The Labute approximate surface area is 117 Å². The number of hydrazine groups is 1. The summed E-state index contributed by atoms with van der Waals surface area (Å²) in [5, 5.41) is 3.46. The first-order chi connectivity index (χ1) is 9.16. The zero-order valence-electron chi connectivity index (χ0n) is 12.4. The van der Waals surface area contributed by atoms with Crippen LogP contribution in [0.25, 0.3) is 0 Å². The molecule has 5 heteroatoms. The molecule has 0 amide bonds. The van der Waals surface area contributed by atoms with Crippen molar-refractivity contribution < 1.29 is 0 Å². The van der Waals surface area contributed by atoms with Crippen molar-refractivity contribution in [3.05, 3.63) is 0 Å². The number of guanidine groups is 1. The van der Waals surface area contributed by atoms with E-state index in [-0.39, 0.29) is 5.54 Å². The van der Waals surface area contributed by atoms with E-state index in [1.165, 1.54) is 51.4 Å². The summed E-state index contributed by atoms with van der Waals surface area (Å²) in [6.45, 7) is 0.833. The molecule has 19 heavy (non-hydrogen) atoms. The Balaban J connectivity index is 1.87. The molecular formula is C14H29N5. The van der Waals surface area contributed by atoms with Crippen molar-refractivity contribution in [2.75, 3.05) is 20.6 Å². The molecule has 2 saturated carbocycles. The molecule has 0 saturated heterocycles. The van der Waals surface area contributed by atoms with E-state index in [2.05, 4.69) is 34.7 Å². The minimum Gasteiger partial charge on any atom is -0.353 e. The van der Waals surface area contributed by atoms with Crippen LogP contribution in [0.1, 0.15) is 51.4 Å². The van der Waals surface area contributed by atoms with Crippen LogP contribution in [0.15, 0.2) is 4.99 Å². The average molecular weight is 267 g/mol.